The molecule has 0 spiro atoms. The first kappa shape index (κ1) is 17.8. The van der Waals surface area contributed by atoms with E-state index in [4.69, 9.17) is 0 Å². The molecule has 0 fully saturated rings. The first-order valence-corrected chi connectivity index (χ1v) is 18.6. The summed E-state index contributed by atoms with van der Waals surface area (Å²) in [5.41, 5.74) is 5.18. The summed E-state index contributed by atoms with van der Waals surface area (Å²) in [5.74, 6) is 0. The van der Waals surface area contributed by atoms with Gasteiger partial charge in [-0.1, -0.05) is 0 Å². The van der Waals surface area contributed by atoms with Gasteiger partial charge in [0.2, 0.25) is 0 Å². The Morgan fingerprint density at radius 2 is 0.690 bits per heavy atom. The van der Waals surface area contributed by atoms with Crippen molar-refractivity contribution >= 4 is 75.4 Å². The van der Waals surface area contributed by atoms with Crippen molar-refractivity contribution in [2.75, 3.05) is 10.6 Å². The maximum atomic E-state index is 3.67. The number of fused-ring (bicyclic) bond motifs is 4. The Hall–Kier alpha value is -2.05. The van der Waals surface area contributed by atoms with E-state index in [1.165, 1.54) is 40.2 Å². The fourth-order valence-electron chi connectivity index (χ4n) is 3.83. The number of benzene rings is 4. The molecular weight excluding hydrogens is 498 g/mol. The fourth-order valence-corrected chi connectivity index (χ4v) is 33.6. The number of hydrogen-bond acceptors (Lipinski definition) is 3. The van der Waals surface area contributed by atoms with Gasteiger partial charge in [-0.05, 0) is 0 Å². The molecule has 0 unspecified atom stereocenters. The van der Waals surface area contributed by atoms with E-state index in [1.807, 2.05) is 0 Å². The van der Waals surface area contributed by atoms with Gasteiger partial charge < -0.3 is 0 Å². The van der Waals surface area contributed by atoms with Crippen molar-refractivity contribution in [3.63, 3.8) is 0 Å². The van der Waals surface area contributed by atoms with E-state index >= 15 is 0 Å². The molecule has 2 N–H and O–H groups in total. The van der Waals surface area contributed by atoms with E-state index in [2.05, 4.69) is 116 Å². The van der Waals surface area contributed by atoms with Gasteiger partial charge in [0.05, 0.1) is 0 Å². The summed E-state index contributed by atoms with van der Waals surface area (Å²) in [4.78, 5) is 0. The van der Waals surface area contributed by atoms with Crippen molar-refractivity contribution in [2.24, 2.45) is 0 Å². The van der Waals surface area contributed by atoms with Gasteiger partial charge in [0.1, 0.15) is 0 Å². The van der Waals surface area contributed by atoms with Crippen LogP contribution in [0.25, 0.3) is 0 Å². The van der Waals surface area contributed by atoms with Crippen LogP contribution >= 0.6 is 8.29 Å². The van der Waals surface area contributed by atoms with Crippen LogP contribution in [0.2, 0.25) is 0 Å². The van der Waals surface area contributed by atoms with Crippen LogP contribution in [0.15, 0.2) is 97.1 Å². The Balaban J connectivity index is 1.51. The molecule has 5 heteroatoms. The summed E-state index contributed by atoms with van der Waals surface area (Å²) in [6.07, 6.45) is 0. The van der Waals surface area contributed by atoms with E-state index < -0.39 is 27.0 Å². The van der Waals surface area contributed by atoms with E-state index in [1.54, 1.807) is 0 Å². The molecule has 0 aliphatic carbocycles. The second-order valence-electron chi connectivity index (χ2n) is 6.99. The van der Waals surface area contributed by atoms with Gasteiger partial charge in [-0.25, -0.2) is 0 Å². The monoisotopic (exact) mass is 516 g/mol. The first-order chi connectivity index (χ1) is 14.4. The molecular formula is C24H18As2N2S. The van der Waals surface area contributed by atoms with E-state index in [0.717, 1.165) is 0 Å². The Labute approximate surface area is 182 Å². The zero-order valence-electron chi connectivity index (χ0n) is 15.5. The molecule has 0 saturated heterocycles. The zero-order chi connectivity index (χ0) is 19.2. The minimum absolute atomic E-state index is 1.30. The molecule has 0 atom stereocenters. The summed E-state index contributed by atoms with van der Waals surface area (Å²) >= 11 is -3.02. The number of anilines is 4. The van der Waals surface area contributed by atoms with Gasteiger partial charge in [0.15, 0.2) is 0 Å². The second kappa shape index (κ2) is 7.33. The van der Waals surface area contributed by atoms with Gasteiger partial charge in [-0.3, -0.25) is 0 Å². The van der Waals surface area contributed by atoms with Crippen LogP contribution in [0.5, 0.6) is 0 Å². The zero-order valence-corrected chi connectivity index (χ0v) is 20.1. The van der Waals surface area contributed by atoms with Crippen molar-refractivity contribution in [1.82, 2.24) is 0 Å². The summed E-state index contributed by atoms with van der Waals surface area (Å²) in [7, 11) is 2.32. The first-order valence-electron chi connectivity index (χ1n) is 9.57. The molecule has 2 aliphatic heterocycles. The van der Waals surface area contributed by atoms with Gasteiger partial charge >= 0.3 is 183 Å². The van der Waals surface area contributed by atoms with Crippen molar-refractivity contribution in [3.05, 3.63) is 97.1 Å². The maximum absolute atomic E-state index is 3.67. The predicted molar refractivity (Wildman–Crippen MR) is 130 cm³/mol. The third-order valence-corrected chi connectivity index (χ3v) is 29.3. The molecule has 4 aromatic rings. The standard InChI is InChI=1S/C24H18As2N2S/c1-5-13-21-17(9-1)25(18-10-2-6-14-22(18)27-21)29-26-19-11-3-7-15-23(19)28-24-16-8-4-12-20(24)26/h1-16,27-28H. The van der Waals surface area contributed by atoms with E-state index in [0.29, 0.717) is 0 Å². The third-order valence-electron chi connectivity index (χ3n) is 5.19. The average molecular weight is 516 g/mol. The molecule has 140 valence electrons. The molecule has 2 nitrogen and oxygen atoms in total. The van der Waals surface area contributed by atoms with Gasteiger partial charge in [0, 0.05) is 0 Å². The number of nitrogens with one attached hydrogen (secondary N) is 2. The SMILES string of the molecule is c1ccc2c(c1)Nc1ccccc1[As]2S[As]1c2ccccc2Nc2ccccc21. The van der Waals surface area contributed by atoms with Crippen molar-refractivity contribution in [1.29, 1.82) is 0 Å². The normalized spacial score (nSPS) is 14.6. The van der Waals surface area contributed by atoms with Crippen molar-refractivity contribution in [2.45, 2.75) is 0 Å². The number of rotatable bonds is 2. The van der Waals surface area contributed by atoms with Crippen molar-refractivity contribution < 1.29 is 0 Å². The molecule has 2 aliphatic rings. The Bertz CT molecular complexity index is 1040. The van der Waals surface area contributed by atoms with Crippen LogP contribution in [-0.2, 0) is 0 Å². The molecule has 0 saturated carbocycles. The molecule has 4 aromatic carbocycles. The molecule has 0 bridgehead atoms. The average Bonchev–Trinajstić information content (AvgIpc) is 2.78. The summed E-state index contributed by atoms with van der Waals surface area (Å²) in [6.45, 7) is 0. The van der Waals surface area contributed by atoms with Gasteiger partial charge in [-0.15, -0.1) is 0 Å². The summed E-state index contributed by atoms with van der Waals surface area (Å²) in [6, 6.07) is 35.7. The molecule has 0 aromatic heterocycles. The second-order valence-corrected chi connectivity index (χ2v) is 23.8. The Kier molecular flexibility index (Phi) is 4.49. The van der Waals surface area contributed by atoms with Crippen LogP contribution in [0.3, 0.4) is 0 Å². The van der Waals surface area contributed by atoms with Gasteiger partial charge in [-0.2, -0.15) is 0 Å². The van der Waals surface area contributed by atoms with E-state index in [9.17, 15) is 0 Å². The Morgan fingerprint density at radius 3 is 1.00 bits per heavy atom. The number of hydrogen-bond donors (Lipinski definition) is 2. The minimum atomic E-state index is -1.51. The predicted octanol–water partition coefficient (Wildman–Crippen LogP) is 3.45. The van der Waals surface area contributed by atoms with Crippen molar-refractivity contribution in [3.8, 4) is 0 Å². The van der Waals surface area contributed by atoms with Crippen LogP contribution in [0, 0.1) is 0 Å². The quantitative estimate of drug-likeness (QED) is 0.400. The Morgan fingerprint density at radius 1 is 0.414 bits per heavy atom. The van der Waals surface area contributed by atoms with E-state index in [-0.39, 0.29) is 0 Å². The van der Waals surface area contributed by atoms with Crippen LogP contribution in [-0.4, -0.2) is 27.0 Å². The van der Waals surface area contributed by atoms with Gasteiger partial charge in [0.25, 0.3) is 0 Å². The number of para-hydroxylation sites is 4. The topological polar surface area (TPSA) is 24.1 Å². The third kappa shape index (κ3) is 3.04. The summed E-state index contributed by atoms with van der Waals surface area (Å²) < 4.78 is 6.14. The molecule has 2 heterocycles. The fraction of sp³-hybridized carbons (Fsp3) is 0. The van der Waals surface area contributed by atoms with Crippen LogP contribution in [0.4, 0.5) is 22.7 Å². The molecule has 29 heavy (non-hydrogen) atoms. The van der Waals surface area contributed by atoms with Crippen LogP contribution < -0.4 is 28.0 Å². The molecule has 6 rings (SSSR count). The van der Waals surface area contributed by atoms with Crippen LogP contribution in [0.1, 0.15) is 0 Å². The molecule has 0 radical (unpaired) electrons. The summed E-state index contributed by atoms with van der Waals surface area (Å²) in [5, 5.41) is 7.35. The molecule has 0 amide bonds.